The Morgan fingerprint density at radius 3 is 2.50 bits per heavy atom. The van der Waals surface area contributed by atoms with Crippen LogP contribution in [0, 0.1) is 0 Å². The highest BCUT2D eigenvalue weighted by molar-refractivity contribution is 9.10. The normalized spacial score (nSPS) is 10.4. The maximum Gasteiger partial charge on any atom is 0.274 e. The molecule has 4 nitrogen and oxygen atoms in total. The van der Waals surface area contributed by atoms with Crippen LogP contribution in [0.1, 0.15) is 24.3 Å². The Hall–Kier alpha value is -1.88. The number of amides is 1. The zero-order chi connectivity index (χ0) is 14.5. The Morgan fingerprint density at radius 2 is 1.85 bits per heavy atom. The lowest BCUT2D eigenvalue weighted by atomic mass is 10.2. The second-order valence-electron chi connectivity index (χ2n) is 4.69. The van der Waals surface area contributed by atoms with Crippen LogP contribution in [0.5, 0.6) is 0 Å². The third kappa shape index (κ3) is 4.06. The minimum Gasteiger partial charge on any atom is -0.383 e. The van der Waals surface area contributed by atoms with Crippen molar-refractivity contribution in [3.63, 3.8) is 0 Å². The van der Waals surface area contributed by atoms with Gasteiger partial charge in [0.25, 0.3) is 5.91 Å². The van der Waals surface area contributed by atoms with Crippen LogP contribution >= 0.6 is 15.9 Å². The lowest BCUT2D eigenvalue weighted by Gasteiger charge is -2.11. The van der Waals surface area contributed by atoms with Crippen LogP contribution in [0.15, 0.2) is 47.1 Å². The molecule has 1 aromatic carbocycles. The summed E-state index contributed by atoms with van der Waals surface area (Å²) in [5.74, 6) is -0.222. The second kappa shape index (κ2) is 6.52. The van der Waals surface area contributed by atoms with Crippen molar-refractivity contribution < 1.29 is 4.79 Å². The largest absolute Gasteiger partial charge is 0.383 e. The van der Waals surface area contributed by atoms with E-state index in [1.807, 2.05) is 44.2 Å². The van der Waals surface area contributed by atoms with Gasteiger partial charge in [-0.25, -0.2) is 0 Å². The first-order valence-corrected chi connectivity index (χ1v) is 7.13. The standard InChI is InChI=1S/C15H16BrN3O/c1-10(2)18-13-7-8-17-14(9-13)15(20)19-12-5-3-11(16)4-6-12/h3-10H,1-2H3,(H,17,18)(H,19,20). The van der Waals surface area contributed by atoms with Gasteiger partial charge in [-0.15, -0.1) is 0 Å². The van der Waals surface area contributed by atoms with E-state index in [9.17, 15) is 4.79 Å². The molecule has 2 N–H and O–H groups in total. The number of halogens is 1. The summed E-state index contributed by atoms with van der Waals surface area (Å²) in [5.41, 5.74) is 2.01. The fraction of sp³-hybridized carbons (Fsp3) is 0.200. The molecule has 0 bridgehead atoms. The first-order chi connectivity index (χ1) is 9.54. The molecule has 1 amide bonds. The maximum atomic E-state index is 12.1. The molecule has 0 aliphatic heterocycles. The summed E-state index contributed by atoms with van der Waals surface area (Å²) in [6, 6.07) is 11.3. The summed E-state index contributed by atoms with van der Waals surface area (Å²) < 4.78 is 0.969. The third-order valence-electron chi connectivity index (χ3n) is 2.55. The Labute approximate surface area is 126 Å². The van der Waals surface area contributed by atoms with Crippen molar-refractivity contribution in [1.29, 1.82) is 0 Å². The van der Waals surface area contributed by atoms with Crippen LogP contribution in [0.2, 0.25) is 0 Å². The smallest absolute Gasteiger partial charge is 0.274 e. The molecule has 0 unspecified atom stereocenters. The SMILES string of the molecule is CC(C)Nc1ccnc(C(=O)Nc2ccc(Br)cc2)c1. The molecule has 2 rings (SSSR count). The van der Waals surface area contributed by atoms with E-state index < -0.39 is 0 Å². The van der Waals surface area contributed by atoms with Crippen LogP contribution < -0.4 is 10.6 Å². The van der Waals surface area contributed by atoms with Crippen molar-refractivity contribution in [2.45, 2.75) is 19.9 Å². The molecule has 0 spiro atoms. The third-order valence-corrected chi connectivity index (χ3v) is 3.08. The predicted octanol–water partition coefficient (Wildman–Crippen LogP) is 3.92. The Kier molecular flexibility index (Phi) is 4.74. The van der Waals surface area contributed by atoms with Crippen molar-refractivity contribution in [1.82, 2.24) is 4.98 Å². The molecular formula is C15H16BrN3O. The lowest BCUT2D eigenvalue weighted by molar-refractivity contribution is 0.102. The average Bonchev–Trinajstić information content (AvgIpc) is 2.41. The molecule has 0 saturated carbocycles. The summed E-state index contributed by atoms with van der Waals surface area (Å²) in [7, 11) is 0. The first kappa shape index (κ1) is 14.5. The van der Waals surface area contributed by atoms with E-state index in [1.54, 1.807) is 12.3 Å². The number of aromatic nitrogens is 1. The molecule has 0 atom stereocenters. The van der Waals surface area contributed by atoms with Crippen molar-refractivity contribution >= 4 is 33.2 Å². The zero-order valence-electron chi connectivity index (χ0n) is 11.4. The Balaban J connectivity index is 2.10. The summed E-state index contributed by atoms with van der Waals surface area (Å²) in [6.07, 6.45) is 1.63. The summed E-state index contributed by atoms with van der Waals surface area (Å²) in [6.45, 7) is 4.09. The zero-order valence-corrected chi connectivity index (χ0v) is 12.9. The van der Waals surface area contributed by atoms with E-state index in [4.69, 9.17) is 0 Å². The van der Waals surface area contributed by atoms with E-state index in [0.29, 0.717) is 11.7 Å². The monoisotopic (exact) mass is 333 g/mol. The van der Waals surface area contributed by atoms with Crippen LogP contribution in [0.25, 0.3) is 0 Å². The van der Waals surface area contributed by atoms with Gasteiger partial charge in [0.15, 0.2) is 0 Å². The molecule has 20 heavy (non-hydrogen) atoms. The number of pyridine rings is 1. The molecule has 0 aliphatic rings. The fourth-order valence-electron chi connectivity index (χ4n) is 1.71. The average molecular weight is 334 g/mol. The van der Waals surface area contributed by atoms with Gasteiger partial charge in [-0.1, -0.05) is 15.9 Å². The number of rotatable bonds is 4. The Bertz CT molecular complexity index is 596. The summed E-state index contributed by atoms with van der Waals surface area (Å²) in [4.78, 5) is 16.2. The minimum absolute atomic E-state index is 0.222. The molecular weight excluding hydrogens is 318 g/mol. The van der Waals surface area contributed by atoms with E-state index >= 15 is 0 Å². The van der Waals surface area contributed by atoms with Crippen molar-refractivity contribution in [3.05, 3.63) is 52.8 Å². The maximum absolute atomic E-state index is 12.1. The van der Waals surface area contributed by atoms with Gasteiger partial charge in [0, 0.05) is 28.1 Å². The van der Waals surface area contributed by atoms with Gasteiger partial charge in [-0.3, -0.25) is 9.78 Å². The number of hydrogen-bond acceptors (Lipinski definition) is 3. The van der Waals surface area contributed by atoms with E-state index in [2.05, 4.69) is 31.5 Å². The quantitative estimate of drug-likeness (QED) is 0.891. The molecule has 1 aromatic heterocycles. The number of benzene rings is 1. The molecule has 0 saturated heterocycles. The van der Waals surface area contributed by atoms with Gasteiger partial charge in [-0.05, 0) is 50.2 Å². The predicted molar refractivity (Wildman–Crippen MR) is 85.1 cm³/mol. The Morgan fingerprint density at radius 1 is 1.15 bits per heavy atom. The van der Waals surface area contributed by atoms with Crippen molar-refractivity contribution in [2.75, 3.05) is 10.6 Å². The van der Waals surface area contributed by atoms with Gasteiger partial charge < -0.3 is 10.6 Å². The molecule has 104 valence electrons. The first-order valence-electron chi connectivity index (χ1n) is 6.34. The highest BCUT2D eigenvalue weighted by Crippen LogP contribution is 2.15. The second-order valence-corrected chi connectivity index (χ2v) is 5.61. The summed E-state index contributed by atoms with van der Waals surface area (Å²) >= 11 is 3.36. The molecule has 5 heteroatoms. The van der Waals surface area contributed by atoms with E-state index in [0.717, 1.165) is 15.8 Å². The number of carbonyl (C=O) groups excluding carboxylic acids is 1. The van der Waals surface area contributed by atoms with Crippen LogP contribution in [-0.2, 0) is 0 Å². The van der Waals surface area contributed by atoms with Gasteiger partial charge in [0.1, 0.15) is 5.69 Å². The number of nitrogens with zero attached hydrogens (tertiary/aromatic N) is 1. The van der Waals surface area contributed by atoms with E-state index in [-0.39, 0.29) is 5.91 Å². The minimum atomic E-state index is -0.222. The van der Waals surface area contributed by atoms with E-state index in [1.165, 1.54) is 0 Å². The van der Waals surface area contributed by atoms with Crippen molar-refractivity contribution in [2.24, 2.45) is 0 Å². The van der Waals surface area contributed by atoms with Crippen molar-refractivity contribution in [3.8, 4) is 0 Å². The van der Waals surface area contributed by atoms with Gasteiger partial charge in [0.05, 0.1) is 0 Å². The molecule has 0 aliphatic carbocycles. The molecule has 2 aromatic rings. The lowest BCUT2D eigenvalue weighted by Crippen LogP contribution is -2.15. The number of anilines is 2. The highest BCUT2D eigenvalue weighted by Gasteiger charge is 2.08. The highest BCUT2D eigenvalue weighted by atomic mass is 79.9. The van der Waals surface area contributed by atoms with Crippen LogP contribution in [0.4, 0.5) is 11.4 Å². The van der Waals surface area contributed by atoms with Crippen LogP contribution in [0.3, 0.4) is 0 Å². The van der Waals surface area contributed by atoms with Crippen LogP contribution in [-0.4, -0.2) is 16.9 Å². The molecule has 1 heterocycles. The van der Waals surface area contributed by atoms with Gasteiger partial charge in [0.2, 0.25) is 0 Å². The molecule has 0 radical (unpaired) electrons. The van der Waals surface area contributed by atoms with Gasteiger partial charge >= 0.3 is 0 Å². The van der Waals surface area contributed by atoms with Gasteiger partial charge in [-0.2, -0.15) is 0 Å². The number of carbonyl (C=O) groups is 1. The molecule has 0 fully saturated rings. The number of hydrogen-bond donors (Lipinski definition) is 2. The topological polar surface area (TPSA) is 54.0 Å². The fourth-order valence-corrected chi connectivity index (χ4v) is 1.97. The number of nitrogens with one attached hydrogen (secondary N) is 2. The summed E-state index contributed by atoms with van der Waals surface area (Å²) in [5, 5.41) is 6.06.